The van der Waals surface area contributed by atoms with Gasteiger partial charge in [0.2, 0.25) is 11.8 Å². The van der Waals surface area contributed by atoms with Crippen molar-refractivity contribution < 1.29 is 80.7 Å². The molecule has 4 bridgehead atoms. The Hall–Kier alpha value is -6.49. The Morgan fingerprint density at radius 3 is 2.35 bits per heavy atom. The van der Waals surface area contributed by atoms with E-state index in [4.69, 9.17) is 45.8 Å². The molecule has 0 aliphatic carbocycles. The highest BCUT2D eigenvalue weighted by Gasteiger charge is 2.64. The highest BCUT2D eigenvalue weighted by Crippen LogP contribution is 2.50. The number of ketones is 2. The second-order valence-electron chi connectivity index (χ2n) is 24.2. The molecule has 3 aliphatic heterocycles. The number of epoxide rings is 1. The summed E-state index contributed by atoms with van der Waals surface area (Å²) in [5.74, 6) is -7.17. The number of carbonyl (C=O) groups excluding carboxylic acids is 8. The summed E-state index contributed by atoms with van der Waals surface area (Å²) in [7, 11) is 4.31. The quantitative estimate of drug-likeness (QED) is 0.0268. The standard InChI is InChI=1S/C63H88ClF2N5O15/c1-13-39(14-2)58(77)86-61(7,8)23-16-15-20-41(72)30-42(35(3)4)57(76)69-45(21-18-24-68-59(67)78)48(73)29-40-28-44(66)46(31-43(40)65)70-60(79)84-52-32-53(74)71(10)47-26-38(27-49(81-11)55(47)64)25-36(5)19-17-22-51(82-12)63(80)33-50(83-54(75)34-63)37(6)56-62(52,9)85-56/h17,19,22,26-28,31,35,37,39,42,45,50-52,56,80H,13-16,18,20-21,23-25,29-30,32-34H2,1-12H3,(H,69,76)(H,70,79)(H3,67,68,78)/b22-17+,36-19+/t37-,42+,45+,50+,51-,52+,56+,62+,63-/m1/s1. The largest absolute Gasteiger partial charge is 0.495 e. The van der Waals surface area contributed by atoms with Gasteiger partial charge in [-0.15, -0.1) is 0 Å². The van der Waals surface area contributed by atoms with E-state index >= 15 is 8.78 Å². The molecule has 9 atom stereocenters. The summed E-state index contributed by atoms with van der Waals surface area (Å²) in [6.45, 7) is 16.2. The Morgan fingerprint density at radius 1 is 1.01 bits per heavy atom. The summed E-state index contributed by atoms with van der Waals surface area (Å²) in [5.41, 5.74) is 2.05. The van der Waals surface area contributed by atoms with E-state index in [1.807, 2.05) is 40.7 Å². The SMILES string of the molecule is CCC(CC)C(=O)OC(C)(C)CCCCC(=O)C[C@H](C(=O)N[C@@H](CCCNC(N)=O)C(=O)Cc1cc(F)c(NC(=O)O[C@H]2CC(=O)N(C)c3cc(cc(OC)c3Cl)C/C(C)=C/C=C/[C@@H](OC)[C@]3(O)CC(=O)O[C@@H](C3)[C@@H](C)[C@@H]3O[C@@]23C)cc1F)C(C)C. The number of amides is 5. The van der Waals surface area contributed by atoms with Crippen LogP contribution in [0.15, 0.2) is 48.1 Å². The molecule has 0 radical (unpaired) electrons. The lowest BCUT2D eigenvalue weighted by Gasteiger charge is -2.41. The predicted octanol–water partition coefficient (Wildman–Crippen LogP) is 9.50. The summed E-state index contributed by atoms with van der Waals surface area (Å²) < 4.78 is 67.3. The first kappa shape index (κ1) is 70.3. The maximum absolute atomic E-state index is 16.1. The smallest absolute Gasteiger partial charge is 0.412 e. The van der Waals surface area contributed by atoms with Crippen molar-refractivity contribution in [1.29, 1.82) is 0 Å². The van der Waals surface area contributed by atoms with Crippen molar-refractivity contribution in [1.82, 2.24) is 10.6 Å². The number of anilines is 2. The second-order valence-corrected chi connectivity index (χ2v) is 24.6. The topological polar surface area (TPSA) is 281 Å². The van der Waals surface area contributed by atoms with Gasteiger partial charge in [0.25, 0.3) is 0 Å². The molecule has 2 aromatic rings. The van der Waals surface area contributed by atoms with Crippen molar-refractivity contribution in [2.24, 2.45) is 29.4 Å². The number of unbranched alkanes of at least 4 members (excludes halogenated alkanes) is 1. The zero-order chi connectivity index (χ0) is 64.0. The third-order valence-electron chi connectivity index (χ3n) is 16.6. The average Bonchev–Trinajstić information content (AvgIpc) is 1.61. The van der Waals surface area contributed by atoms with Crippen LogP contribution in [0.3, 0.4) is 0 Å². The van der Waals surface area contributed by atoms with Crippen LogP contribution in [0.1, 0.15) is 150 Å². The molecule has 6 N–H and O–H groups in total. The van der Waals surface area contributed by atoms with Crippen molar-refractivity contribution in [2.75, 3.05) is 38.0 Å². The number of esters is 2. The molecule has 0 spiro atoms. The minimum atomic E-state index is -1.71. The monoisotopic (exact) mass is 1230 g/mol. The number of halogens is 3. The van der Waals surface area contributed by atoms with Gasteiger partial charge in [-0.25, -0.2) is 18.4 Å². The van der Waals surface area contributed by atoms with Crippen LogP contribution in [0.4, 0.5) is 29.7 Å². The molecule has 5 rings (SSSR count). The summed E-state index contributed by atoms with van der Waals surface area (Å²) >= 11 is 6.81. The number of nitrogens with zero attached hydrogens (tertiary/aromatic N) is 1. The number of hydrogen-bond acceptors (Lipinski definition) is 15. The Kier molecular flexibility index (Phi) is 25.3. The van der Waals surface area contributed by atoms with Crippen LogP contribution in [-0.4, -0.2) is 128 Å². The summed E-state index contributed by atoms with van der Waals surface area (Å²) in [6, 6.07) is 2.70. The molecule has 0 unspecified atom stereocenters. The van der Waals surface area contributed by atoms with Crippen molar-refractivity contribution in [2.45, 2.75) is 199 Å². The van der Waals surface area contributed by atoms with E-state index in [2.05, 4.69) is 16.0 Å². The van der Waals surface area contributed by atoms with Crippen molar-refractivity contribution in [3.05, 3.63) is 75.9 Å². The third kappa shape index (κ3) is 19.0. The number of ether oxygens (including phenoxy) is 6. The van der Waals surface area contributed by atoms with E-state index < -0.39 is 131 Å². The number of urea groups is 1. The van der Waals surface area contributed by atoms with Crippen molar-refractivity contribution in [3.8, 4) is 5.75 Å². The number of Topliss-reactive ketones (excluding diaryl/α,β-unsaturated/α-hetero) is 2. The summed E-state index contributed by atoms with van der Waals surface area (Å²) in [4.78, 5) is 108. The van der Waals surface area contributed by atoms with E-state index in [9.17, 15) is 43.5 Å². The molecular formula is C63H88ClF2N5O15. The first-order chi connectivity index (χ1) is 40.4. The van der Waals surface area contributed by atoms with Crippen LogP contribution in [0.25, 0.3) is 0 Å². The van der Waals surface area contributed by atoms with Gasteiger partial charge >= 0.3 is 24.1 Å². The summed E-state index contributed by atoms with van der Waals surface area (Å²) in [5, 5.41) is 19.5. The number of benzene rings is 2. The van der Waals surface area contributed by atoms with Gasteiger partial charge in [0.05, 0.1) is 49.4 Å². The Labute approximate surface area is 508 Å². The van der Waals surface area contributed by atoms with E-state index in [1.54, 1.807) is 52.0 Å². The molecule has 3 heterocycles. The zero-order valence-electron chi connectivity index (χ0n) is 51.7. The molecule has 23 heteroatoms. The van der Waals surface area contributed by atoms with Gasteiger partial charge in [0.15, 0.2) is 5.78 Å². The van der Waals surface area contributed by atoms with Gasteiger partial charge in [-0.2, -0.15) is 0 Å². The minimum absolute atomic E-state index is 0.0216. The lowest BCUT2D eigenvalue weighted by Crippen LogP contribution is -2.53. The molecule has 0 saturated carbocycles. The number of allylic oxidation sites excluding steroid dienone is 3. The van der Waals surface area contributed by atoms with Crippen LogP contribution in [0.2, 0.25) is 5.02 Å². The fourth-order valence-electron chi connectivity index (χ4n) is 11.2. The van der Waals surface area contributed by atoms with Crippen LogP contribution >= 0.6 is 11.6 Å². The van der Waals surface area contributed by atoms with Gasteiger partial charge < -0.3 is 54.8 Å². The van der Waals surface area contributed by atoms with Gasteiger partial charge in [0.1, 0.15) is 63.3 Å². The van der Waals surface area contributed by atoms with Gasteiger partial charge in [0, 0.05) is 64.3 Å². The zero-order valence-corrected chi connectivity index (χ0v) is 52.4. The Morgan fingerprint density at radius 2 is 1.71 bits per heavy atom. The number of carbonyl (C=O) groups is 8. The van der Waals surface area contributed by atoms with Crippen LogP contribution < -0.4 is 31.3 Å². The molecule has 3 aliphatic rings. The number of hydrogen-bond donors (Lipinski definition) is 5. The Balaban J connectivity index is 1.34. The van der Waals surface area contributed by atoms with E-state index in [-0.39, 0.29) is 85.1 Å². The number of rotatable bonds is 25. The van der Waals surface area contributed by atoms with E-state index in [0.717, 1.165) is 5.57 Å². The maximum atomic E-state index is 16.1. The van der Waals surface area contributed by atoms with Crippen molar-refractivity contribution >= 4 is 70.4 Å². The third-order valence-corrected chi connectivity index (χ3v) is 17.0. The van der Waals surface area contributed by atoms with Crippen LogP contribution in [0, 0.1) is 35.3 Å². The molecule has 5 amide bonds. The maximum Gasteiger partial charge on any atom is 0.412 e. The number of nitrogens with one attached hydrogen (secondary N) is 3. The first-order valence-corrected chi connectivity index (χ1v) is 29.9. The lowest BCUT2D eigenvalue weighted by molar-refractivity contribution is -0.187. The number of fused-ring (bicyclic) bond motifs is 5. The molecule has 0 aromatic heterocycles. The number of methoxy groups -OCH3 is 2. The predicted molar refractivity (Wildman–Crippen MR) is 318 cm³/mol. The number of nitrogens with two attached hydrogens (primary N) is 1. The highest BCUT2D eigenvalue weighted by molar-refractivity contribution is 6.35. The number of aliphatic hydroxyl groups is 1. The fraction of sp³-hybridized carbons (Fsp3) is 0.619. The van der Waals surface area contributed by atoms with Gasteiger partial charge in [-0.05, 0) is 114 Å². The van der Waals surface area contributed by atoms with E-state index in [1.165, 1.54) is 26.2 Å². The van der Waals surface area contributed by atoms with Crippen molar-refractivity contribution in [3.63, 3.8) is 0 Å². The highest BCUT2D eigenvalue weighted by atomic mass is 35.5. The molecule has 476 valence electrons. The van der Waals surface area contributed by atoms with Crippen LogP contribution in [-0.2, 0) is 65.3 Å². The van der Waals surface area contributed by atoms with Gasteiger partial charge in [-0.3, -0.25) is 34.1 Å². The van der Waals surface area contributed by atoms with E-state index in [0.29, 0.717) is 56.2 Å². The Bertz CT molecular complexity index is 2860. The first-order valence-electron chi connectivity index (χ1n) is 29.5. The average molecular weight is 1230 g/mol. The second kappa shape index (κ2) is 30.9. The number of primary amides is 1. The molecular weight excluding hydrogens is 1140 g/mol. The molecule has 2 fully saturated rings. The molecule has 86 heavy (non-hydrogen) atoms. The van der Waals surface area contributed by atoms with Gasteiger partial charge in [-0.1, -0.05) is 70.0 Å². The van der Waals surface area contributed by atoms with Crippen LogP contribution in [0.5, 0.6) is 5.75 Å². The summed E-state index contributed by atoms with van der Waals surface area (Å²) in [6.07, 6.45) is 1.40. The molecule has 2 saturated heterocycles. The lowest BCUT2D eigenvalue weighted by atomic mass is 9.78. The fourth-order valence-corrected chi connectivity index (χ4v) is 11.6. The molecule has 2 aromatic carbocycles. The normalized spacial score (nSPS) is 24.3. The minimum Gasteiger partial charge on any atom is -0.495 e. The molecule has 20 nitrogen and oxygen atoms in total.